The zero-order valence-corrected chi connectivity index (χ0v) is 13.1. The molecular weight excluding hydrogens is 220 g/mol. The topological polar surface area (TPSA) is 15.3 Å². The second kappa shape index (κ2) is 8.16. The number of rotatable bonds is 7. The highest BCUT2D eigenvalue weighted by atomic mass is 15.1. The summed E-state index contributed by atoms with van der Waals surface area (Å²) >= 11 is 0. The number of nitrogens with zero attached hydrogens (tertiary/aromatic N) is 1. The van der Waals surface area contributed by atoms with Crippen LogP contribution in [-0.2, 0) is 0 Å². The van der Waals surface area contributed by atoms with Crippen LogP contribution < -0.4 is 5.32 Å². The number of hydrogen-bond acceptors (Lipinski definition) is 2. The van der Waals surface area contributed by atoms with E-state index >= 15 is 0 Å². The number of unbranched alkanes of at least 4 members (excludes halogenated alkanes) is 1. The van der Waals surface area contributed by atoms with E-state index in [0.29, 0.717) is 5.41 Å². The molecule has 0 saturated carbocycles. The lowest BCUT2D eigenvalue weighted by molar-refractivity contribution is 0.111. The molecule has 0 aromatic heterocycles. The summed E-state index contributed by atoms with van der Waals surface area (Å²) in [4.78, 5) is 2.67. The Morgan fingerprint density at radius 1 is 1.06 bits per heavy atom. The summed E-state index contributed by atoms with van der Waals surface area (Å²) in [6.07, 6.45) is 6.74. The lowest BCUT2D eigenvalue weighted by atomic mass is 9.75. The Bertz CT molecular complexity index is 200. The maximum Gasteiger partial charge on any atom is -0.00159 e. The van der Waals surface area contributed by atoms with E-state index in [9.17, 15) is 0 Å². The minimum atomic E-state index is 0.510. The fraction of sp³-hybridized carbons (Fsp3) is 1.00. The molecule has 0 unspecified atom stereocenters. The molecule has 0 radical (unpaired) electrons. The fourth-order valence-electron chi connectivity index (χ4n) is 2.91. The van der Waals surface area contributed by atoms with Gasteiger partial charge in [-0.2, -0.15) is 0 Å². The van der Waals surface area contributed by atoms with Crippen LogP contribution in [-0.4, -0.2) is 37.6 Å². The van der Waals surface area contributed by atoms with Gasteiger partial charge in [0.1, 0.15) is 0 Å². The molecular formula is C16H34N2. The Morgan fingerprint density at radius 2 is 1.72 bits per heavy atom. The van der Waals surface area contributed by atoms with Crippen molar-refractivity contribution in [1.29, 1.82) is 0 Å². The van der Waals surface area contributed by atoms with Gasteiger partial charge in [0, 0.05) is 0 Å². The van der Waals surface area contributed by atoms with Gasteiger partial charge in [-0.3, -0.25) is 0 Å². The Balaban J connectivity index is 2.02. The van der Waals surface area contributed by atoms with Crippen LogP contribution in [0.2, 0.25) is 0 Å². The molecule has 0 aromatic rings. The van der Waals surface area contributed by atoms with E-state index < -0.39 is 0 Å². The third kappa shape index (κ3) is 6.19. The second-order valence-corrected chi connectivity index (χ2v) is 6.94. The van der Waals surface area contributed by atoms with E-state index in [-0.39, 0.29) is 0 Å². The summed E-state index contributed by atoms with van der Waals surface area (Å²) in [5.74, 6) is 0.931. The van der Waals surface area contributed by atoms with Crippen LogP contribution in [0.3, 0.4) is 0 Å². The molecule has 18 heavy (non-hydrogen) atoms. The molecule has 2 nitrogen and oxygen atoms in total. The molecule has 0 bridgehead atoms. The first-order valence-electron chi connectivity index (χ1n) is 7.97. The van der Waals surface area contributed by atoms with Crippen molar-refractivity contribution in [2.75, 3.05) is 32.7 Å². The lowest BCUT2D eigenvalue weighted by Crippen LogP contribution is -2.38. The van der Waals surface area contributed by atoms with E-state index in [2.05, 4.69) is 37.9 Å². The molecule has 1 rings (SSSR count). The quantitative estimate of drug-likeness (QED) is 0.699. The van der Waals surface area contributed by atoms with Crippen LogP contribution in [0.1, 0.15) is 59.8 Å². The van der Waals surface area contributed by atoms with Gasteiger partial charge in [-0.1, -0.05) is 27.7 Å². The highest BCUT2D eigenvalue weighted by molar-refractivity contribution is 4.80. The van der Waals surface area contributed by atoms with Crippen LogP contribution in [0, 0.1) is 11.3 Å². The molecule has 0 spiro atoms. The highest BCUT2D eigenvalue weighted by Crippen LogP contribution is 2.34. The molecule has 1 N–H and O–H groups in total. The van der Waals surface area contributed by atoms with Gasteiger partial charge in [0.25, 0.3) is 0 Å². The van der Waals surface area contributed by atoms with Crippen molar-refractivity contribution >= 4 is 0 Å². The minimum Gasteiger partial charge on any atom is -0.317 e. The van der Waals surface area contributed by atoms with Crippen molar-refractivity contribution in [3.63, 3.8) is 0 Å². The van der Waals surface area contributed by atoms with E-state index in [0.717, 1.165) is 5.92 Å². The first-order valence-corrected chi connectivity index (χ1v) is 7.97. The monoisotopic (exact) mass is 254 g/mol. The summed E-state index contributed by atoms with van der Waals surface area (Å²) in [5, 5.41) is 3.48. The number of nitrogens with one attached hydrogen (secondary N) is 1. The summed E-state index contributed by atoms with van der Waals surface area (Å²) in [7, 11) is 0. The third-order valence-corrected chi connectivity index (χ3v) is 4.32. The standard InChI is InChI=1S/C16H34N2/c1-5-10-17-11-6-7-12-18-13-8-15(9-14-18)16(2,3)4/h15,17H,5-14H2,1-4H3. The van der Waals surface area contributed by atoms with E-state index in [4.69, 9.17) is 0 Å². The van der Waals surface area contributed by atoms with Gasteiger partial charge in [-0.25, -0.2) is 0 Å². The van der Waals surface area contributed by atoms with Gasteiger partial charge in [0.15, 0.2) is 0 Å². The maximum atomic E-state index is 3.48. The number of piperidine rings is 1. The zero-order chi connectivity index (χ0) is 13.4. The summed E-state index contributed by atoms with van der Waals surface area (Å²) in [6, 6.07) is 0. The van der Waals surface area contributed by atoms with Crippen LogP contribution in [0.15, 0.2) is 0 Å². The smallest absolute Gasteiger partial charge is 0.00159 e. The Hall–Kier alpha value is -0.0800. The van der Waals surface area contributed by atoms with Gasteiger partial charge in [-0.15, -0.1) is 0 Å². The van der Waals surface area contributed by atoms with Gasteiger partial charge in [-0.05, 0) is 76.2 Å². The highest BCUT2D eigenvalue weighted by Gasteiger charge is 2.28. The van der Waals surface area contributed by atoms with Gasteiger partial charge >= 0.3 is 0 Å². The summed E-state index contributed by atoms with van der Waals surface area (Å²) < 4.78 is 0. The number of likely N-dealkylation sites (tertiary alicyclic amines) is 1. The minimum absolute atomic E-state index is 0.510. The number of hydrogen-bond donors (Lipinski definition) is 1. The Kier molecular flexibility index (Phi) is 7.25. The van der Waals surface area contributed by atoms with E-state index in [1.54, 1.807) is 0 Å². The predicted octanol–water partition coefficient (Wildman–Crippen LogP) is 3.52. The Morgan fingerprint density at radius 3 is 2.28 bits per heavy atom. The molecule has 0 atom stereocenters. The van der Waals surface area contributed by atoms with Crippen molar-refractivity contribution < 1.29 is 0 Å². The first kappa shape index (κ1) is 16.0. The molecule has 1 saturated heterocycles. The van der Waals surface area contributed by atoms with Crippen LogP contribution in [0.25, 0.3) is 0 Å². The average Bonchev–Trinajstić information content (AvgIpc) is 2.33. The van der Waals surface area contributed by atoms with Gasteiger partial charge in [0.05, 0.1) is 0 Å². The molecule has 0 amide bonds. The molecule has 2 heteroatoms. The van der Waals surface area contributed by atoms with Crippen LogP contribution in [0.5, 0.6) is 0 Å². The van der Waals surface area contributed by atoms with Crippen LogP contribution >= 0.6 is 0 Å². The molecule has 1 aliphatic heterocycles. The van der Waals surface area contributed by atoms with Gasteiger partial charge < -0.3 is 10.2 Å². The fourth-order valence-corrected chi connectivity index (χ4v) is 2.91. The van der Waals surface area contributed by atoms with Crippen molar-refractivity contribution in [1.82, 2.24) is 10.2 Å². The lowest BCUT2D eigenvalue weighted by Gasteiger charge is -2.38. The molecule has 1 heterocycles. The van der Waals surface area contributed by atoms with Crippen molar-refractivity contribution in [3.05, 3.63) is 0 Å². The summed E-state index contributed by atoms with van der Waals surface area (Å²) in [5.41, 5.74) is 0.510. The largest absolute Gasteiger partial charge is 0.317 e. The zero-order valence-electron chi connectivity index (χ0n) is 13.1. The van der Waals surface area contributed by atoms with Gasteiger partial charge in [0.2, 0.25) is 0 Å². The summed E-state index contributed by atoms with van der Waals surface area (Å²) in [6.45, 7) is 15.8. The van der Waals surface area contributed by atoms with E-state index in [1.807, 2.05) is 0 Å². The van der Waals surface area contributed by atoms with Crippen LogP contribution in [0.4, 0.5) is 0 Å². The van der Waals surface area contributed by atoms with Crippen molar-refractivity contribution in [2.24, 2.45) is 11.3 Å². The van der Waals surface area contributed by atoms with Crippen molar-refractivity contribution in [2.45, 2.75) is 59.8 Å². The Labute approximate surface area is 115 Å². The SMILES string of the molecule is CCCNCCCCN1CCC(C(C)(C)C)CC1. The normalized spacial score (nSPS) is 19.3. The second-order valence-electron chi connectivity index (χ2n) is 6.94. The molecule has 1 aliphatic rings. The third-order valence-electron chi connectivity index (χ3n) is 4.32. The first-order chi connectivity index (χ1) is 8.54. The van der Waals surface area contributed by atoms with Crippen molar-refractivity contribution in [3.8, 4) is 0 Å². The average molecular weight is 254 g/mol. The van der Waals surface area contributed by atoms with E-state index in [1.165, 1.54) is 64.8 Å². The molecule has 0 aromatic carbocycles. The maximum absolute atomic E-state index is 3.48. The molecule has 108 valence electrons. The molecule has 0 aliphatic carbocycles. The molecule has 1 fully saturated rings. The predicted molar refractivity (Wildman–Crippen MR) is 81.0 cm³/mol.